The van der Waals surface area contributed by atoms with E-state index in [1.54, 1.807) is 6.20 Å². The maximum atomic E-state index is 5.99. The molecule has 0 radical (unpaired) electrons. The van der Waals surface area contributed by atoms with Gasteiger partial charge in [0, 0.05) is 31.9 Å². The van der Waals surface area contributed by atoms with Crippen molar-refractivity contribution < 1.29 is 4.74 Å². The Morgan fingerprint density at radius 2 is 2.27 bits per heavy atom. The first kappa shape index (κ1) is 13.4. The molecule has 22 heavy (non-hydrogen) atoms. The molecule has 0 aliphatic carbocycles. The van der Waals surface area contributed by atoms with Crippen molar-refractivity contribution in [1.82, 2.24) is 25.0 Å². The molecule has 4 heterocycles. The molecule has 0 spiro atoms. The van der Waals surface area contributed by atoms with Gasteiger partial charge in [0.2, 0.25) is 5.95 Å². The summed E-state index contributed by atoms with van der Waals surface area (Å²) in [6, 6.07) is 2.20. The van der Waals surface area contributed by atoms with Crippen LogP contribution in [0, 0.1) is 6.92 Å². The number of hydrogen-bond donors (Lipinski definition) is 1. The van der Waals surface area contributed by atoms with E-state index >= 15 is 0 Å². The molecule has 2 aliphatic rings. The van der Waals surface area contributed by atoms with E-state index in [9.17, 15) is 0 Å². The molecule has 0 amide bonds. The van der Waals surface area contributed by atoms with Crippen LogP contribution in [0.5, 0.6) is 0 Å². The Kier molecular flexibility index (Phi) is 3.18. The predicted octanol–water partition coefficient (Wildman–Crippen LogP) is 0.768. The molecule has 2 aromatic heterocycles. The molecule has 2 aromatic rings. The Morgan fingerprint density at radius 3 is 3.14 bits per heavy atom. The summed E-state index contributed by atoms with van der Waals surface area (Å²) < 4.78 is 8.01. The lowest BCUT2D eigenvalue weighted by Crippen LogP contribution is -2.49. The average molecular weight is 301 g/mol. The van der Waals surface area contributed by atoms with E-state index in [1.807, 2.05) is 24.7 Å². The van der Waals surface area contributed by atoms with Crippen molar-refractivity contribution in [3.63, 3.8) is 0 Å². The highest BCUT2D eigenvalue weighted by atomic mass is 16.5. The number of nitrogens with one attached hydrogen (secondary N) is 1. The Labute approximate surface area is 128 Å². The van der Waals surface area contributed by atoms with Gasteiger partial charge >= 0.3 is 0 Å². The van der Waals surface area contributed by atoms with Crippen LogP contribution in [0.15, 0.2) is 12.3 Å². The minimum absolute atomic E-state index is 0.102. The molecule has 0 aromatic carbocycles. The van der Waals surface area contributed by atoms with Gasteiger partial charge in [0.15, 0.2) is 0 Å². The van der Waals surface area contributed by atoms with Crippen molar-refractivity contribution in [2.45, 2.75) is 32.1 Å². The second kappa shape index (κ2) is 5.20. The quantitative estimate of drug-likeness (QED) is 0.877. The van der Waals surface area contributed by atoms with E-state index in [0.29, 0.717) is 6.61 Å². The van der Waals surface area contributed by atoms with Gasteiger partial charge in [-0.1, -0.05) is 5.21 Å². The van der Waals surface area contributed by atoms with E-state index in [-0.39, 0.29) is 12.1 Å². The molecule has 8 nitrogen and oxygen atoms in total. The normalized spacial score (nSPS) is 23.8. The van der Waals surface area contributed by atoms with E-state index in [0.717, 1.165) is 42.7 Å². The molecule has 8 heteroatoms. The largest absolute Gasteiger partial charge is 0.373 e. The first-order valence-corrected chi connectivity index (χ1v) is 7.53. The van der Waals surface area contributed by atoms with Crippen LogP contribution in [0.2, 0.25) is 0 Å². The first-order valence-electron chi connectivity index (χ1n) is 7.53. The summed E-state index contributed by atoms with van der Waals surface area (Å²) in [5.74, 6) is 1.60. The number of hydrogen-bond acceptors (Lipinski definition) is 7. The number of rotatable bonds is 2. The smallest absolute Gasteiger partial charge is 0.227 e. The highest BCUT2D eigenvalue weighted by Gasteiger charge is 2.37. The Balaban J connectivity index is 1.57. The molecular formula is C14H19N7O. The summed E-state index contributed by atoms with van der Waals surface area (Å²) in [5, 5.41) is 11.3. The summed E-state index contributed by atoms with van der Waals surface area (Å²) in [4.78, 5) is 11.3. The minimum Gasteiger partial charge on any atom is -0.373 e. The predicted molar refractivity (Wildman–Crippen MR) is 80.8 cm³/mol. The van der Waals surface area contributed by atoms with Gasteiger partial charge in [-0.3, -0.25) is 0 Å². The molecule has 1 N–H and O–H groups in total. The van der Waals surface area contributed by atoms with Crippen LogP contribution in [-0.4, -0.2) is 51.2 Å². The maximum Gasteiger partial charge on any atom is 0.227 e. The summed E-state index contributed by atoms with van der Waals surface area (Å²) in [5.41, 5.74) is 2.01. The Hall–Kier alpha value is -2.22. The average Bonchev–Trinajstić information content (AvgIpc) is 3.02. The zero-order valence-corrected chi connectivity index (χ0v) is 12.7. The fourth-order valence-electron chi connectivity index (χ4n) is 3.19. The lowest BCUT2D eigenvalue weighted by Gasteiger charge is -2.41. The van der Waals surface area contributed by atoms with Crippen LogP contribution in [0.4, 0.5) is 11.8 Å². The zero-order chi connectivity index (χ0) is 15.1. The number of anilines is 2. The van der Waals surface area contributed by atoms with Gasteiger partial charge in [0.25, 0.3) is 0 Å². The van der Waals surface area contributed by atoms with Crippen LogP contribution in [0.25, 0.3) is 0 Å². The molecular weight excluding hydrogens is 282 g/mol. The Morgan fingerprint density at radius 1 is 1.36 bits per heavy atom. The van der Waals surface area contributed by atoms with Crippen molar-refractivity contribution in [2.75, 3.05) is 30.4 Å². The van der Waals surface area contributed by atoms with E-state index in [4.69, 9.17) is 4.74 Å². The summed E-state index contributed by atoms with van der Waals surface area (Å²) >= 11 is 0. The third-order valence-corrected chi connectivity index (χ3v) is 4.31. The number of piperidine rings is 1. The van der Waals surface area contributed by atoms with E-state index in [1.165, 1.54) is 0 Å². The molecule has 2 aliphatic heterocycles. The van der Waals surface area contributed by atoms with Crippen LogP contribution < -0.4 is 10.2 Å². The first-order chi connectivity index (χ1) is 10.7. The lowest BCUT2D eigenvalue weighted by molar-refractivity contribution is -0.0336. The van der Waals surface area contributed by atoms with Gasteiger partial charge in [-0.15, -0.1) is 5.10 Å². The van der Waals surface area contributed by atoms with Crippen molar-refractivity contribution in [3.8, 4) is 0 Å². The van der Waals surface area contributed by atoms with Crippen LogP contribution in [0.3, 0.4) is 0 Å². The SMILES string of the molecule is CNc1cc(C)nc(N2CC[C@H]3[C@H](C2)OCc2cnnn23)n1. The number of aryl methyl sites for hydroxylation is 1. The minimum atomic E-state index is 0.102. The molecule has 116 valence electrons. The molecule has 0 saturated carbocycles. The molecule has 4 rings (SSSR count). The second-order valence-electron chi connectivity index (χ2n) is 5.77. The molecule has 1 fully saturated rings. The van der Waals surface area contributed by atoms with Gasteiger partial charge < -0.3 is 15.0 Å². The fourth-order valence-corrected chi connectivity index (χ4v) is 3.19. The number of ether oxygens (including phenoxy) is 1. The fraction of sp³-hybridized carbons (Fsp3) is 0.571. The highest BCUT2D eigenvalue weighted by molar-refractivity contribution is 5.43. The highest BCUT2D eigenvalue weighted by Crippen LogP contribution is 2.31. The van der Waals surface area contributed by atoms with Crippen LogP contribution >= 0.6 is 0 Å². The number of nitrogens with zero attached hydrogens (tertiary/aromatic N) is 6. The topological polar surface area (TPSA) is 81.0 Å². The molecule has 2 atom stereocenters. The van der Waals surface area contributed by atoms with Crippen LogP contribution in [-0.2, 0) is 11.3 Å². The summed E-state index contributed by atoms with van der Waals surface area (Å²) in [6.07, 6.45) is 2.84. The molecule has 0 bridgehead atoms. The third-order valence-electron chi connectivity index (χ3n) is 4.31. The maximum absolute atomic E-state index is 5.99. The Bertz CT molecular complexity index is 686. The van der Waals surface area contributed by atoms with E-state index < -0.39 is 0 Å². The van der Waals surface area contributed by atoms with Crippen LogP contribution in [0.1, 0.15) is 23.9 Å². The van der Waals surface area contributed by atoms with Gasteiger partial charge in [-0.05, 0) is 13.3 Å². The summed E-state index contributed by atoms with van der Waals surface area (Å²) in [6.45, 7) is 4.21. The van der Waals surface area contributed by atoms with Gasteiger partial charge in [-0.25, -0.2) is 9.67 Å². The summed E-state index contributed by atoms with van der Waals surface area (Å²) in [7, 11) is 1.87. The van der Waals surface area contributed by atoms with Crippen molar-refractivity contribution >= 4 is 11.8 Å². The van der Waals surface area contributed by atoms with Gasteiger partial charge in [-0.2, -0.15) is 4.98 Å². The second-order valence-corrected chi connectivity index (χ2v) is 5.77. The van der Waals surface area contributed by atoms with Gasteiger partial charge in [0.1, 0.15) is 5.82 Å². The zero-order valence-electron chi connectivity index (χ0n) is 12.7. The molecule has 0 unspecified atom stereocenters. The third kappa shape index (κ3) is 2.19. The van der Waals surface area contributed by atoms with Crippen molar-refractivity contribution in [2.24, 2.45) is 0 Å². The molecule has 1 saturated heterocycles. The standard InChI is InChI=1S/C14H19N7O/c1-9-5-13(15-2)18-14(17-9)20-4-3-11-12(7-20)22-8-10-6-16-19-21(10)11/h5-6,11-12H,3-4,7-8H2,1-2H3,(H,15,17,18)/t11-,12-/m0/s1. The van der Waals surface area contributed by atoms with E-state index in [2.05, 4.69) is 30.5 Å². The number of fused-ring (bicyclic) bond motifs is 3. The number of aromatic nitrogens is 5. The monoisotopic (exact) mass is 301 g/mol. The van der Waals surface area contributed by atoms with Crippen molar-refractivity contribution in [1.29, 1.82) is 0 Å². The lowest BCUT2D eigenvalue weighted by atomic mass is 10.0. The van der Waals surface area contributed by atoms with Crippen molar-refractivity contribution in [3.05, 3.63) is 23.7 Å². The van der Waals surface area contributed by atoms with Gasteiger partial charge in [0.05, 0.1) is 30.6 Å².